The van der Waals surface area contributed by atoms with Gasteiger partial charge in [0, 0.05) is 17.9 Å². The number of carbonyl (C=O) groups excluding carboxylic acids is 1. The molecule has 0 aliphatic heterocycles. The largest absolute Gasteiger partial charge is 0.292 e. The van der Waals surface area contributed by atoms with Crippen LogP contribution in [0.15, 0.2) is 76.4 Å². The number of sulfonamides is 1. The summed E-state index contributed by atoms with van der Waals surface area (Å²) in [5.74, 6) is 0.393. The zero-order chi connectivity index (χ0) is 27.7. The van der Waals surface area contributed by atoms with Crippen LogP contribution in [-0.2, 0) is 27.8 Å². The van der Waals surface area contributed by atoms with Crippen LogP contribution in [0.3, 0.4) is 0 Å². The van der Waals surface area contributed by atoms with E-state index in [0.29, 0.717) is 40.9 Å². The third-order valence-corrected chi connectivity index (χ3v) is 8.57. The van der Waals surface area contributed by atoms with Crippen molar-refractivity contribution in [3.63, 3.8) is 0 Å². The number of benzene rings is 3. The number of fused-ring (bicyclic) bond motifs is 1. The molecule has 0 bridgehead atoms. The molecular weight excluding hydrogens is 510 g/mol. The number of aryl methyl sites for hydroxylation is 1. The number of carbonyl (C=O) groups is 1. The number of hydrogen-bond acceptors (Lipinski definition) is 5. The summed E-state index contributed by atoms with van der Waals surface area (Å²) in [6, 6.07) is 20.1. The Balaban J connectivity index is 1.47. The summed E-state index contributed by atoms with van der Waals surface area (Å²) in [4.78, 5) is 30.7. The van der Waals surface area contributed by atoms with Crippen LogP contribution in [0.1, 0.15) is 62.9 Å². The summed E-state index contributed by atoms with van der Waals surface area (Å²) in [7, 11) is -4.00. The Morgan fingerprint density at radius 2 is 1.77 bits per heavy atom. The maximum Gasteiger partial charge on any atom is 0.264 e. The van der Waals surface area contributed by atoms with Gasteiger partial charge in [-0.1, -0.05) is 69.3 Å². The van der Waals surface area contributed by atoms with Crippen molar-refractivity contribution < 1.29 is 13.2 Å². The lowest BCUT2D eigenvalue weighted by Crippen LogP contribution is -2.32. The molecule has 1 N–H and O–H groups in total. The normalized spacial score (nSPS) is 13.6. The lowest BCUT2D eigenvalue weighted by atomic mass is 10.0. The van der Waals surface area contributed by atoms with Gasteiger partial charge >= 0.3 is 0 Å². The molecule has 0 unspecified atom stereocenters. The monoisotopic (exact) mass is 543 g/mol. The van der Waals surface area contributed by atoms with Crippen molar-refractivity contribution in [2.24, 2.45) is 5.92 Å². The second-order valence-corrected chi connectivity index (χ2v) is 12.2. The molecule has 0 radical (unpaired) electrons. The van der Waals surface area contributed by atoms with Gasteiger partial charge in [0.05, 0.1) is 22.3 Å². The molecule has 8 heteroatoms. The van der Waals surface area contributed by atoms with E-state index in [9.17, 15) is 18.0 Å². The summed E-state index contributed by atoms with van der Waals surface area (Å²) in [5, 5.41) is 0.616. The van der Waals surface area contributed by atoms with E-state index < -0.39 is 15.9 Å². The second-order valence-electron chi connectivity index (χ2n) is 10.5. The van der Waals surface area contributed by atoms with Crippen LogP contribution in [0.5, 0.6) is 0 Å². The minimum Gasteiger partial charge on any atom is -0.292 e. The molecule has 0 spiro atoms. The molecule has 1 amide bonds. The first kappa shape index (κ1) is 26.8. The fourth-order valence-electron chi connectivity index (χ4n) is 4.75. The SMILES string of the molecule is CCCc1nc2ccc(C(C)C)cc2c(=O)n1Cc1ccc(-c2ccccc2S(=O)(=O)NC(=O)C2CC2)cc1. The van der Waals surface area contributed by atoms with Crippen molar-refractivity contribution in [1.29, 1.82) is 0 Å². The highest BCUT2D eigenvalue weighted by atomic mass is 32.2. The van der Waals surface area contributed by atoms with Crippen LogP contribution in [0.2, 0.25) is 0 Å². The van der Waals surface area contributed by atoms with Gasteiger partial charge in [-0.3, -0.25) is 14.2 Å². The average Bonchev–Trinajstić information content (AvgIpc) is 3.77. The molecule has 202 valence electrons. The van der Waals surface area contributed by atoms with E-state index in [2.05, 4.69) is 25.5 Å². The Hall–Kier alpha value is -3.78. The summed E-state index contributed by atoms with van der Waals surface area (Å²) < 4.78 is 30.0. The van der Waals surface area contributed by atoms with E-state index in [0.717, 1.165) is 36.2 Å². The summed E-state index contributed by atoms with van der Waals surface area (Å²) in [6.07, 6.45) is 2.99. The van der Waals surface area contributed by atoms with Crippen molar-refractivity contribution in [3.05, 3.63) is 94.0 Å². The highest BCUT2D eigenvalue weighted by Crippen LogP contribution is 2.31. The molecule has 1 aliphatic carbocycles. The molecule has 39 heavy (non-hydrogen) atoms. The van der Waals surface area contributed by atoms with Crippen LogP contribution < -0.4 is 10.3 Å². The van der Waals surface area contributed by atoms with Gasteiger partial charge < -0.3 is 0 Å². The predicted octanol–water partition coefficient (Wildman–Crippen LogP) is 5.40. The topological polar surface area (TPSA) is 98.1 Å². The molecule has 0 saturated heterocycles. The van der Waals surface area contributed by atoms with Gasteiger partial charge in [0.1, 0.15) is 5.82 Å². The third kappa shape index (κ3) is 5.66. The minimum atomic E-state index is -4.00. The van der Waals surface area contributed by atoms with Crippen molar-refractivity contribution >= 4 is 26.8 Å². The standard InChI is InChI=1S/C31H33N3O4S/c1-4-7-29-32-27-17-16-24(20(2)3)18-26(27)31(36)34(29)19-21-10-12-22(13-11-21)25-8-5-6-9-28(25)39(37,38)33-30(35)23-14-15-23/h5-6,8-13,16-18,20,23H,4,7,14-15,19H2,1-3H3,(H,33,35). The Morgan fingerprint density at radius 3 is 2.44 bits per heavy atom. The number of rotatable bonds is 9. The zero-order valence-corrected chi connectivity index (χ0v) is 23.3. The van der Waals surface area contributed by atoms with Gasteiger partial charge in [0.15, 0.2) is 0 Å². The number of aromatic nitrogens is 2. The summed E-state index contributed by atoms with van der Waals surface area (Å²) in [5.41, 5.74) is 3.88. The van der Waals surface area contributed by atoms with Crippen LogP contribution in [0.25, 0.3) is 22.0 Å². The molecule has 7 nitrogen and oxygen atoms in total. The number of nitrogens with zero attached hydrogens (tertiary/aromatic N) is 2. The van der Waals surface area contributed by atoms with E-state index in [4.69, 9.17) is 4.98 Å². The molecular formula is C31H33N3O4S. The van der Waals surface area contributed by atoms with Crippen LogP contribution in [-0.4, -0.2) is 23.9 Å². The highest BCUT2D eigenvalue weighted by molar-refractivity contribution is 7.90. The molecule has 1 fully saturated rings. The lowest BCUT2D eigenvalue weighted by Gasteiger charge is -2.15. The van der Waals surface area contributed by atoms with Crippen molar-refractivity contribution in [3.8, 4) is 11.1 Å². The van der Waals surface area contributed by atoms with E-state index in [1.807, 2.05) is 42.5 Å². The van der Waals surface area contributed by atoms with Gasteiger partial charge in [-0.05, 0) is 60.1 Å². The average molecular weight is 544 g/mol. The fraction of sp³-hybridized carbons (Fsp3) is 0.323. The summed E-state index contributed by atoms with van der Waals surface area (Å²) in [6.45, 7) is 6.63. The van der Waals surface area contributed by atoms with E-state index in [1.54, 1.807) is 22.8 Å². The molecule has 1 aromatic heterocycles. The van der Waals surface area contributed by atoms with Crippen molar-refractivity contribution in [1.82, 2.24) is 14.3 Å². The molecule has 5 rings (SSSR count). The number of hydrogen-bond donors (Lipinski definition) is 1. The zero-order valence-electron chi connectivity index (χ0n) is 22.5. The minimum absolute atomic E-state index is 0.0575. The van der Waals surface area contributed by atoms with Crippen LogP contribution in [0, 0.1) is 5.92 Å². The molecule has 1 heterocycles. The summed E-state index contributed by atoms with van der Waals surface area (Å²) >= 11 is 0. The predicted molar refractivity (Wildman–Crippen MR) is 153 cm³/mol. The van der Waals surface area contributed by atoms with Gasteiger partial charge in [0.2, 0.25) is 5.91 Å². The molecule has 0 atom stereocenters. The molecule has 1 saturated carbocycles. The highest BCUT2D eigenvalue weighted by Gasteiger charge is 2.33. The van der Waals surface area contributed by atoms with Gasteiger partial charge in [-0.2, -0.15) is 0 Å². The fourth-order valence-corrected chi connectivity index (χ4v) is 6.02. The Bertz CT molecular complexity index is 1700. The quantitative estimate of drug-likeness (QED) is 0.305. The lowest BCUT2D eigenvalue weighted by molar-refractivity contribution is -0.120. The Kier molecular flexibility index (Phi) is 7.40. The molecule has 1 aliphatic rings. The first-order chi connectivity index (χ1) is 18.7. The third-order valence-electron chi connectivity index (χ3n) is 7.16. The van der Waals surface area contributed by atoms with E-state index in [1.165, 1.54) is 6.07 Å². The number of amides is 1. The molecule has 4 aromatic rings. The van der Waals surface area contributed by atoms with Crippen LogP contribution >= 0.6 is 0 Å². The Morgan fingerprint density at radius 1 is 1.05 bits per heavy atom. The van der Waals surface area contributed by atoms with Crippen molar-refractivity contribution in [2.45, 2.75) is 63.8 Å². The second kappa shape index (κ2) is 10.8. The smallest absolute Gasteiger partial charge is 0.264 e. The van der Waals surface area contributed by atoms with E-state index in [-0.39, 0.29) is 16.4 Å². The van der Waals surface area contributed by atoms with E-state index >= 15 is 0 Å². The first-order valence-corrected chi connectivity index (χ1v) is 14.9. The van der Waals surface area contributed by atoms with Crippen LogP contribution in [0.4, 0.5) is 0 Å². The molecule has 3 aromatic carbocycles. The first-order valence-electron chi connectivity index (χ1n) is 13.5. The van der Waals surface area contributed by atoms with Crippen molar-refractivity contribution in [2.75, 3.05) is 0 Å². The maximum absolute atomic E-state index is 13.6. The van der Waals surface area contributed by atoms with Gasteiger partial charge in [0.25, 0.3) is 15.6 Å². The van der Waals surface area contributed by atoms with Gasteiger partial charge in [-0.25, -0.2) is 18.1 Å². The maximum atomic E-state index is 13.6. The number of nitrogens with one attached hydrogen (secondary N) is 1. The van der Waals surface area contributed by atoms with Gasteiger partial charge in [-0.15, -0.1) is 0 Å². The Labute approximate surface area is 229 Å².